The molecular weight excluding hydrogens is 452 g/mol. The monoisotopic (exact) mass is 512 g/mol. The molecule has 0 bridgehead atoms. The summed E-state index contributed by atoms with van der Waals surface area (Å²) in [6.07, 6.45) is 45.9. The molecule has 0 radical (unpaired) electrons. The molecule has 0 aromatic heterocycles. The van der Waals surface area contributed by atoms with Gasteiger partial charge in [0, 0.05) is 5.57 Å². The Labute approximate surface area is 231 Å². The third-order valence-electron chi connectivity index (χ3n) is 7.28. The predicted octanol–water partition coefficient (Wildman–Crippen LogP) is 11.5. The van der Waals surface area contributed by atoms with E-state index in [9.17, 15) is 4.79 Å². The number of hydrogen-bond acceptors (Lipinski definition) is 2. The number of allylic oxidation sites excluding steroid dienone is 6. The minimum absolute atomic E-state index is 0.0224. The maximum atomic E-state index is 11.6. The van der Waals surface area contributed by atoms with E-state index in [0.29, 0.717) is 0 Å². The van der Waals surface area contributed by atoms with Crippen molar-refractivity contribution in [2.24, 2.45) is 0 Å². The largest absolute Gasteiger partial charge is 0.455 e. The van der Waals surface area contributed by atoms with Crippen LogP contribution in [0.25, 0.3) is 0 Å². The smallest absolute Gasteiger partial charge is 0.334 e. The minimum Gasteiger partial charge on any atom is -0.455 e. The van der Waals surface area contributed by atoms with Crippen LogP contribution in [0.3, 0.4) is 0 Å². The van der Waals surface area contributed by atoms with Gasteiger partial charge in [-0.3, -0.25) is 0 Å². The Morgan fingerprint density at radius 3 is 1.35 bits per heavy atom. The second-order valence-electron chi connectivity index (χ2n) is 11.0. The Balaban J connectivity index is 1.75. The second-order valence-corrected chi connectivity index (χ2v) is 11.0. The molecule has 0 amide bonds. The van der Waals surface area contributed by atoms with Crippen LogP contribution in [0, 0.1) is 0 Å². The van der Waals surface area contributed by atoms with Gasteiger partial charge in [-0.1, -0.05) is 127 Å². The lowest BCUT2D eigenvalue weighted by Gasteiger charge is -2.02. The minimum atomic E-state index is -0.0966. The van der Waals surface area contributed by atoms with Crippen molar-refractivity contribution in [3.8, 4) is 0 Å². The highest BCUT2D eigenvalue weighted by Crippen LogP contribution is 2.20. The van der Waals surface area contributed by atoms with Crippen LogP contribution in [0.5, 0.6) is 0 Å². The Kier molecular flexibility index (Phi) is 23.6. The van der Waals surface area contributed by atoms with Crippen LogP contribution in [0.1, 0.15) is 162 Å². The average Bonchev–Trinajstić information content (AvgIpc) is 3.22. The van der Waals surface area contributed by atoms with Gasteiger partial charge in [0.1, 0.15) is 6.10 Å². The van der Waals surface area contributed by atoms with E-state index in [1.807, 2.05) is 13.0 Å². The van der Waals surface area contributed by atoms with Gasteiger partial charge >= 0.3 is 5.97 Å². The fraction of sp³-hybridized carbons (Fsp3) is 0.743. The first kappa shape index (κ1) is 33.5. The van der Waals surface area contributed by atoms with E-state index < -0.39 is 0 Å². The Hall–Kier alpha value is -1.57. The van der Waals surface area contributed by atoms with Crippen LogP contribution in [0.2, 0.25) is 0 Å². The van der Waals surface area contributed by atoms with Gasteiger partial charge in [-0.25, -0.2) is 4.79 Å². The van der Waals surface area contributed by atoms with Crippen molar-refractivity contribution in [3.05, 3.63) is 48.1 Å². The van der Waals surface area contributed by atoms with Gasteiger partial charge in [-0.15, -0.1) is 0 Å². The molecule has 1 heterocycles. The molecule has 2 heteroatoms. The average molecular weight is 513 g/mol. The van der Waals surface area contributed by atoms with E-state index in [-0.39, 0.29) is 12.1 Å². The molecule has 0 spiro atoms. The maximum absolute atomic E-state index is 11.6. The summed E-state index contributed by atoms with van der Waals surface area (Å²) in [5, 5.41) is 0. The number of carbonyl (C=O) groups is 1. The summed E-state index contributed by atoms with van der Waals surface area (Å²) in [4.78, 5) is 11.6. The molecule has 0 aromatic rings. The number of rotatable bonds is 26. The van der Waals surface area contributed by atoms with Gasteiger partial charge in [0.15, 0.2) is 0 Å². The lowest BCUT2D eigenvalue weighted by atomic mass is 10.0. The maximum Gasteiger partial charge on any atom is 0.334 e. The molecule has 0 aliphatic carbocycles. The molecule has 0 saturated carbocycles. The van der Waals surface area contributed by atoms with Gasteiger partial charge in [0.25, 0.3) is 0 Å². The van der Waals surface area contributed by atoms with Crippen molar-refractivity contribution >= 4 is 5.97 Å². The predicted molar refractivity (Wildman–Crippen MR) is 163 cm³/mol. The lowest BCUT2D eigenvalue weighted by Crippen LogP contribution is -2.03. The first-order chi connectivity index (χ1) is 18.2. The van der Waals surface area contributed by atoms with Gasteiger partial charge in [-0.05, 0) is 77.2 Å². The number of unbranched alkanes of at least 4 members (excludes halogenated alkanes) is 18. The molecule has 0 N–H and O–H groups in total. The third kappa shape index (κ3) is 22.2. The molecule has 1 unspecified atom stereocenters. The van der Waals surface area contributed by atoms with E-state index in [1.54, 1.807) is 0 Å². The Bertz CT molecular complexity index is 640. The van der Waals surface area contributed by atoms with Crippen LogP contribution < -0.4 is 0 Å². The molecule has 1 rings (SSSR count). The number of ether oxygens (including phenoxy) is 1. The van der Waals surface area contributed by atoms with E-state index in [1.165, 1.54) is 135 Å². The molecule has 1 atom stereocenters. The molecule has 2 nitrogen and oxygen atoms in total. The summed E-state index contributed by atoms with van der Waals surface area (Å²) in [7, 11) is 0. The number of hydrogen-bond donors (Lipinski definition) is 0. The molecular formula is C35H60O2. The fourth-order valence-corrected chi connectivity index (χ4v) is 4.94. The zero-order valence-electron chi connectivity index (χ0n) is 24.7. The van der Waals surface area contributed by atoms with Crippen molar-refractivity contribution in [2.75, 3.05) is 0 Å². The van der Waals surface area contributed by atoms with Crippen LogP contribution >= 0.6 is 0 Å². The van der Waals surface area contributed by atoms with Crippen LogP contribution in [0.15, 0.2) is 48.1 Å². The normalized spacial score (nSPS) is 16.0. The van der Waals surface area contributed by atoms with Crippen LogP contribution in [-0.4, -0.2) is 12.1 Å². The highest BCUT2D eigenvalue weighted by molar-refractivity contribution is 5.90. The number of cyclic esters (lactones) is 1. The molecule has 37 heavy (non-hydrogen) atoms. The summed E-state index contributed by atoms with van der Waals surface area (Å²) in [6.45, 7) is 4.22. The topological polar surface area (TPSA) is 26.3 Å². The van der Waals surface area contributed by atoms with E-state index in [4.69, 9.17) is 4.74 Å². The van der Waals surface area contributed by atoms with E-state index >= 15 is 0 Å². The molecule has 0 saturated heterocycles. The van der Waals surface area contributed by atoms with Crippen molar-refractivity contribution in [1.82, 2.24) is 0 Å². The zero-order valence-corrected chi connectivity index (χ0v) is 24.7. The standard InChI is InChI=1S/C35H60O2/c1-3-4-5-6-7-8-9-10-11-12-13-14-15-16-17-18-19-20-21-22-23-24-25-26-27-28-29-30-31-34-32-33(2)37-35(34)36/h12-13,16-17,20-21,32-33H,3-11,14-15,18-19,22-31H2,1-2H3/b13-12+,17-16+,21-20-. The summed E-state index contributed by atoms with van der Waals surface area (Å²) >= 11 is 0. The summed E-state index contributed by atoms with van der Waals surface area (Å²) in [5.74, 6) is -0.0966. The van der Waals surface area contributed by atoms with Crippen LogP contribution in [0.4, 0.5) is 0 Å². The van der Waals surface area contributed by atoms with Crippen molar-refractivity contribution in [1.29, 1.82) is 0 Å². The zero-order chi connectivity index (χ0) is 26.7. The summed E-state index contributed by atoms with van der Waals surface area (Å²) < 4.78 is 5.15. The Morgan fingerprint density at radius 2 is 0.946 bits per heavy atom. The molecule has 0 fully saturated rings. The molecule has 1 aliphatic heterocycles. The fourth-order valence-electron chi connectivity index (χ4n) is 4.94. The third-order valence-corrected chi connectivity index (χ3v) is 7.28. The van der Waals surface area contributed by atoms with Crippen LogP contribution in [-0.2, 0) is 9.53 Å². The summed E-state index contributed by atoms with van der Waals surface area (Å²) in [5.41, 5.74) is 0.892. The van der Waals surface area contributed by atoms with Crippen molar-refractivity contribution < 1.29 is 9.53 Å². The quantitative estimate of drug-likeness (QED) is 0.0654. The van der Waals surface area contributed by atoms with E-state index in [0.717, 1.165) is 18.4 Å². The molecule has 1 aliphatic rings. The van der Waals surface area contributed by atoms with Crippen molar-refractivity contribution in [3.63, 3.8) is 0 Å². The highest BCUT2D eigenvalue weighted by Gasteiger charge is 2.21. The second kappa shape index (κ2) is 26.1. The van der Waals surface area contributed by atoms with Gasteiger partial charge < -0.3 is 4.74 Å². The lowest BCUT2D eigenvalue weighted by molar-refractivity contribution is -0.139. The highest BCUT2D eigenvalue weighted by atomic mass is 16.5. The SMILES string of the molecule is CCCCCCCCCC/C=C/CC/C=C/CC/C=C\CCCCCCCCCCC1=CC(C)OC1=O. The van der Waals surface area contributed by atoms with E-state index in [2.05, 4.69) is 43.4 Å². The van der Waals surface area contributed by atoms with Gasteiger partial charge in [0.2, 0.25) is 0 Å². The summed E-state index contributed by atoms with van der Waals surface area (Å²) in [6, 6.07) is 0. The number of esters is 1. The van der Waals surface area contributed by atoms with Gasteiger partial charge in [-0.2, -0.15) is 0 Å². The Morgan fingerprint density at radius 1 is 0.568 bits per heavy atom. The molecule has 0 aromatic carbocycles. The first-order valence-corrected chi connectivity index (χ1v) is 16.1. The van der Waals surface area contributed by atoms with Crippen molar-refractivity contribution in [2.45, 2.75) is 168 Å². The first-order valence-electron chi connectivity index (χ1n) is 16.1. The number of carbonyl (C=O) groups excluding carboxylic acids is 1. The van der Waals surface area contributed by atoms with Gasteiger partial charge in [0.05, 0.1) is 0 Å². The molecule has 212 valence electrons.